The predicted octanol–water partition coefficient (Wildman–Crippen LogP) is 11.4. The summed E-state index contributed by atoms with van der Waals surface area (Å²) in [7, 11) is 8.43. The van der Waals surface area contributed by atoms with Crippen LogP contribution in [-0.4, -0.2) is 111 Å². The second-order valence-electron chi connectivity index (χ2n) is 13.9. The molecule has 4 heterocycles. The summed E-state index contributed by atoms with van der Waals surface area (Å²) in [5.74, 6) is 4.06. The Bertz CT molecular complexity index is 1290. The van der Waals surface area contributed by atoms with Crippen molar-refractivity contribution >= 4 is 38.3 Å². The lowest BCUT2D eigenvalue weighted by Gasteiger charge is -2.24. The van der Waals surface area contributed by atoms with Gasteiger partial charge in [0.1, 0.15) is 37.8 Å². The second kappa shape index (κ2) is 38.5. The zero-order valence-corrected chi connectivity index (χ0v) is 41.2. The molecule has 6 rings (SSSR count). The molecule has 4 aliphatic rings. The van der Waals surface area contributed by atoms with Gasteiger partial charge in [0.2, 0.25) is 0 Å². The molecule has 8 nitrogen and oxygen atoms in total. The minimum absolute atomic E-state index is 0.841. The van der Waals surface area contributed by atoms with Crippen LogP contribution in [0.2, 0.25) is 13.6 Å². The van der Waals surface area contributed by atoms with Gasteiger partial charge in [-0.1, -0.05) is 128 Å². The SMILES string of the molecule is CC.CC.CC.CC.CCN1CCCCC1.CCN1CCCCC1.C[B]Cc1nc2c(c(N(C)CCC)n1)C=CC2.C[B]Cc1nc2c(c(N(C)CCC)n1)CC=C2. The third-order valence-corrected chi connectivity index (χ3v) is 9.71. The van der Waals surface area contributed by atoms with Crippen molar-refractivity contribution in [2.75, 3.05) is 76.3 Å². The largest absolute Gasteiger partial charge is 0.359 e. The number of hydrogen-bond donors (Lipinski definition) is 0. The van der Waals surface area contributed by atoms with Crippen molar-refractivity contribution in [3.63, 3.8) is 0 Å². The Balaban J connectivity index is 0. The van der Waals surface area contributed by atoms with Gasteiger partial charge in [-0.2, -0.15) is 0 Å². The summed E-state index contributed by atoms with van der Waals surface area (Å²) in [6.45, 7) is 38.9. The van der Waals surface area contributed by atoms with Crippen molar-refractivity contribution in [2.45, 2.75) is 174 Å². The Morgan fingerprint density at radius 3 is 1.41 bits per heavy atom. The van der Waals surface area contributed by atoms with Crippen molar-refractivity contribution in [2.24, 2.45) is 0 Å². The van der Waals surface area contributed by atoms with E-state index in [1.165, 1.54) is 94.6 Å². The number of nitrogens with zero attached hydrogens (tertiary/aromatic N) is 8. The van der Waals surface area contributed by atoms with Gasteiger partial charge in [-0.25, -0.2) is 19.9 Å². The lowest BCUT2D eigenvalue weighted by atomic mass is 9.78. The molecule has 2 radical (unpaired) electrons. The summed E-state index contributed by atoms with van der Waals surface area (Å²) in [5, 5.41) is 0. The summed E-state index contributed by atoms with van der Waals surface area (Å²) >= 11 is 0. The molecule has 0 spiro atoms. The van der Waals surface area contributed by atoms with Gasteiger partial charge in [-0.15, -0.1) is 0 Å². The number of likely N-dealkylation sites (tertiary alicyclic amines) is 2. The van der Waals surface area contributed by atoms with Gasteiger partial charge < -0.3 is 19.6 Å². The van der Waals surface area contributed by atoms with Gasteiger partial charge in [0.05, 0.1) is 11.4 Å². The van der Waals surface area contributed by atoms with Crippen LogP contribution in [0.1, 0.15) is 169 Å². The monoisotopic (exact) mass is 803 g/mol. The molecular weight excluding hydrogens is 710 g/mol. The van der Waals surface area contributed by atoms with E-state index >= 15 is 0 Å². The first kappa shape index (κ1) is 57.4. The molecule has 58 heavy (non-hydrogen) atoms. The zero-order chi connectivity index (χ0) is 44.1. The van der Waals surface area contributed by atoms with Crippen LogP contribution >= 0.6 is 0 Å². The second-order valence-corrected chi connectivity index (χ2v) is 13.9. The molecule has 2 aromatic heterocycles. The molecule has 10 heteroatoms. The average Bonchev–Trinajstić information content (AvgIpc) is 3.98. The minimum atomic E-state index is 0.841. The Morgan fingerprint density at radius 1 is 0.552 bits per heavy atom. The Kier molecular flexibility index (Phi) is 38.1. The molecule has 2 saturated heterocycles. The maximum atomic E-state index is 4.70. The summed E-state index contributed by atoms with van der Waals surface area (Å²) in [4.78, 5) is 28.1. The van der Waals surface area contributed by atoms with Crippen LogP contribution < -0.4 is 9.80 Å². The van der Waals surface area contributed by atoms with E-state index < -0.39 is 0 Å². The van der Waals surface area contributed by atoms with E-state index in [0.29, 0.717) is 0 Å². The van der Waals surface area contributed by atoms with Crippen LogP contribution in [-0.2, 0) is 25.5 Å². The van der Waals surface area contributed by atoms with E-state index in [9.17, 15) is 0 Å². The van der Waals surface area contributed by atoms with Crippen LogP contribution in [0.5, 0.6) is 0 Å². The van der Waals surface area contributed by atoms with E-state index in [2.05, 4.69) is 115 Å². The van der Waals surface area contributed by atoms with Crippen molar-refractivity contribution in [3.8, 4) is 0 Å². The molecule has 2 aliphatic carbocycles. The number of allylic oxidation sites excluding steroid dienone is 2. The third kappa shape index (κ3) is 22.0. The Hall–Kier alpha value is -2.71. The molecule has 0 amide bonds. The standard InChI is InChI=1S/2C13H19BN3.2C7H15N.4C2H6/c2*1-4-8-17(3)13-10-6-5-7-11(10)15-12(16-13)9-14-2;2*1-2-8-6-4-3-5-7-8;4*1-2/h5,7H,4,6,8-9H2,1-3H3;5-6H,4,7-9H2,1-3H3;2*2-7H2,1H3;4*1-2H3. The molecule has 2 fully saturated rings. The highest BCUT2D eigenvalue weighted by molar-refractivity contribution is 6.33. The van der Waals surface area contributed by atoms with Gasteiger partial charge in [-0.05, 0) is 103 Å². The summed E-state index contributed by atoms with van der Waals surface area (Å²) in [6, 6.07) is 0. The van der Waals surface area contributed by atoms with Gasteiger partial charge >= 0.3 is 0 Å². The van der Waals surface area contributed by atoms with E-state index in [4.69, 9.17) is 4.98 Å². The number of hydrogen-bond acceptors (Lipinski definition) is 8. The highest BCUT2D eigenvalue weighted by atomic mass is 15.2. The number of aromatic nitrogens is 4. The topological polar surface area (TPSA) is 64.5 Å². The fraction of sp³-hybridized carbons (Fsp3) is 0.750. The fourth-order valence-electron chi connectivity index (χ4n) is 6.91. The van der Waals surface area contributed by atoms with Gasteiger partial charge in [-0.3, -0.25) is 0 Å². The quantitative estimate of drug-likeness (QED) is 0.197. The maximum absolute atomic E-state index is 4.70. The third-order valence-electron chi connectivity index (χ3n) is 9.71. The van der Waals surface area contributed by atoms with Crippen LogP contribution in [0, 0.1) is 0 Å². The van der Waals surface area contributed by atoms with E-state index in [0.717, 1.165) is 80.4 Å². The van der Waals surface area contributed by atoms with Crippen molar-refractivity contribution in [1.29, 1.82) is 0 Å². The molecule has 330 valence electrons. The van der Waals surface area contributed by atoms with Crippen LogP contribution in [0.3, 0.4) is 0 Å². The molecule has 0 aromatic carbocycles. The van der Waals surface area contributed by atoms with E-state index in [-0.39, 0.29) is 0 Å². The van der Waals surface area contributed by atoms with Gasteiger partial charge in [0.15, 0.2) is 0 Å². The molecule has 0 atom stereocenters. The molecule has 2 aliphatic heterocycles. The first-order valence-corrected chi connectivity index (χ1v) is 23.9. The number of fused-ring (bicyclic) bond motifs is 2. The predicted molar refractivity (Wildman–Crippen MR) is 265 cm³/mol. The molecule has 2 aromatic rings. The van der Waals surface area contributed by atoms with Crippen LogP contribution in [0.25, 0.3) is 12.2 Å². The zero-order valence-electron chi connectivity index (χ0n) is 41.2. The van der Waals surface area contributed by atoms with E-state index in [1.807, 2.05) is 69.0 Å². The molecule has 0 N–H and O–H groups in total. The summed E-state index contributed by atoms with van der Waals surface area (Å²) in [5.41, 5.74) is 4.77. The Labute approximate surface area is 363 Å². The molecular formula is C48H92B2N8. The molecule has 0 bridgehead atoms. The van der Waals surface area contributed by atoms with Gasteiger partial charge in [0.25, 0.3) is 0 Å². The first-order chi connectivity index (χ1) is 28.4. The molecule has 0 unspecified atom stereocenters. The van der Waals surface area contributed by atoms with Crippen molar-refractivity contribution in [1.82, 2.24) is 29.7 Å². The average molecular weight is 803 g/mol. The minimum Gasteiger partial charge on any atom is -0.359 e. The number of anilines is 2. The molecule has 0 saturated carbocycles. The smallest absolute Gasteiger partial charge is 0.139 e. The van der Waals surface area contributed by atoms with Crippen molar-refractivity contribution in [3.05, 3.63) is 46.3 Å². The summed E-state index contributed by atoms with van der Waals surface area (Å²) in [6.07, 6.45) is 23.1. The Morgan fingerprint density at radius 2 is 0.983 bits per heavy atom. The number of piperidine rings is 2. The lowest BCUT2D eigenvalue weighted by molar-refractivity contribution is 0.240. The van der Waals surface area contributed by atoms with E-state index in [1.54, 1.807) is 0 Å². The highest BCUT2D eigenvalue weighted by Crippen LogP contribution is 2.28. The first-order valence-electron chi connectivity index (χ1n) is 23.9. The van der Waals surface area contributed by atoms with Gasteiger partial charge in [0, 0.05) is 44.7 Å². The fourth-order valence-corrected chi connectivity index (χ4v) is 6.91. The normalized spacial score (nSPS) is 14.3. The lowest BCUT2D eigenvalue weighted by Crippen LogP contribution is -2.29. The van der Waals surface area contributed by atoms with Crippen LogP contribution in [0.4, 0.5) is 11.6 Å². The van der Waals surface area contributed by atoms with Crippen LogP contribution in [0.15, 0.2) is 12.2 Å². The maximum Gasteiger partial charge on any atom is 0.139 e. The highest BCUT2D eigenvalue weighted by Gasteiger charge is 2.19. The van der Waals surface area contributed by atoms with Crippen molar-refractivity contribution < 1.29 is 0 Å². The number of rotatable bonds is 12. The summed E-state index contributed by atoms with van der Waals surface area (Å²) < 4.78 is 0.